The molecule has 0 saturated carbocycles. The Labute approximate surface area is 186 Å². The Morgan fingerprint density at radius 3 is 2.78 bits per heavy atom. The van der Waals surface area contributed by atoms with Gasteiger partial charge in [-0.25, -0.2) is 14.6 Å². The Kier molecular flexibility index (Phi) is 6.07. The third kappa shape index (κ3) is 4.56. The maximum absolute atomic E-state index is 12.8. The molecule has 0 aliphatic carbocycles. The number of aromatic nitrogens is 4. The van der Waals surface area contributed by atoms with E-state index in [2.05, 4.69) is 20.4 Å². The summed E-state index contributed by atoms with van der Waals surface area (Å²) >= 11 is 0. The molecule has 3 aromatic heterocycles. The molecule has 0 aromatic carbocycles. The summed E-state index contributed by atoms with van der Waals surface area (Å²) in [6.07, 6.45) is 1.50. The van der Waals surface area contributed by atoms with E-state index in [4.69, 9.17) is 4.74 Å². The number of nitrogens with one attached hydrogen (secondary N) is 1. The van der Waals surface area contributed by atoms with E-state index in [1.54, 1.807) is 22.7 Å². The summed E-state index contributed by atoms with van der Waals surface area (Å²) in [5, 5.41) is 8.07. The van der Waals surface area contributed by atoms with Crippen molar-refractivity contribution >= 4 is 28.7 Å². The van der Waals surface area contributed by atoms with E-state index in [9.17, 15) is 9.59 Å². The molecule has 4 heterocycles. The highest BCUT2D eigenvalue weighted by Crippen LogP contribution is 2.27. The highest BCUT2D eigenvalue weighted by Gasteiger charge is 2.29. The van der Waals surface area contributed by atoms with E-state index in [1.807, 2.05) is 39.0 Å². The van der Waals surface area contributed by atoms with Gasteiger partial charge in [0.25, 0.3) is 5.91 Å². The van der Waals surface area contributed by atoms with Crippen LogP contribution in [0.3, 0.4) is 0 Å². The summed E-state index contributed by atoms with van der Waals surface area (Å²) in [7, 11) is 1.81. The zero-order chi connectivity index (χ0) is 22.8. The lowest BCUT2D eigenvalue weighted by molar-refractivity contribution is -0.136. The highest BCUT2D eigenvalue weighted by molar-refractivity contribution is 5.92. The number of hydrogen-bond donors (Lipinski definition) is 1. The molecule has 168 valence electrons. The van der Waals surface area contributed by atoms with Gasteiger partial charge in [-0.2, -0.15) is 0 Å². The minimum Gasteiger partial charge on any atom is -0.466 e. The zero-order valence-corrected chi connectivity index (χ0v) is 18.9. The first-order valence-electron chi connectivity index (χ1n) is 10.8. The number of carbonyl (C=O) groups excluding carboxylic acids is 2. The van der Waals surface area contributed by atoms with Crippen LogP contribution in [0.15, 0.2) is 24.3 Å². The van der Waals surface area contributed by atoms with Gasteiger partial charge in [-0.15, -0.1) is 5.10 Å². The second-order valence-electron chi connectivity index (χ2n) is 8.33. The lowest BCUT2D eigenvalue weighted by atomic mass is 9.97. The van der Waals surface area contributed by atoms with Gasteiger partial charge in [-0.1, -0.05) is 6.07 Å². The van der Waals surface area contributed by atoms with Crippen molar-refractivity contribution < 1.29 is 14.3 Å². The van der Waals surface area contributed by atoms with Gasteiger partial charge in [0.15, 0.2) is 12.3 Å². The molecular weight excluding hydrogens is 408 g/mol. The summed E-state index contributed by atoms with van der Waals surface area (Å²) in [6, 6.07) is 7.46. The maximum Gasteiger partial charge on any atom is 0.260 e. The summed E-state index contributed by atoms with van der Waals surface area (Å²) in [5.41, 5.74) is 3.47. The molecule has 0 radical (unpaired) electrons. The van der Waals surface area contributed by atoms with Crippen molar-refractivity contribution in [2.75, 3.05) is 25.0 Å². The number of anilines is 1. The molecule has 2 amide bonds. The van der Waals surface area contributed by atoms with E-state index in [0.29, 0.717) is 24.8 Å². The van der Waals surface area contributed by atoms with Crippen molar-refractivity contribution in [3.05, 3.63) is 41.2 Å². The number of hydrogen-bond acceptors (Lipinski definition) is 6. The molecule has 0 bridgehead atoms. The van der Waals surface area contributed by atoms with Crippen LogP contribution < -0.4 is 10.1 Å². The number of pyridine rings is 2. The van der Waals surface area contributed by atoms with Gasteiger partial charge in [-0.05, 0) is 57.4 Å². The number of likely N-dealkylation sites (tertiary alicyclic amines) is 1. The van der Waals surface area contributed by atoms with E-state index >= 15 is 0 Å². The second kappa shape index (κ2) is 8.94. The number of ether oxygens (including phenoxy) is 1. The smallest absolute Gasteiger partial charge is 0.260 e. The molecule has 4 rings (SSSR count). The van der Waals surface area contributed by atoms with Gasteiger partial charge < -0.3 is 15.0 Å². The van der Waals surface area contributed by atoms with Crippen LogP contribution in [0.1, 0.15) is 29.8 Å². The van der Waals surface area contributed by atoms with Gasteiger partial charge in [0.1, 0.15) is 5.82 Å². The number of piperidine rings is 1. The van der Waals surface area contributed by atoms with Crippen LogP contribution in [0.4, 0.5) is 5.82 Å². The zero-order valence-electron chi connectivity index (χ0n) is 18.9. The Bertz CT molecular complexity index is 1170. The largest absolute Gasteiger partial charge is 0.466 e. The molecule has 32 heavy (non-hydrogen) atoms. The topological polar surface area (TPSA) is 102 Å². The van der Waals surface area contributed by atoms with Crippen LogP contribution in [0.25, 0.3) is 11.0 Å². The average Bonchev–Trinajstić information content (AvgIpc) is 3.07. The number of rotatable bonds is 5. The molecule has 9 heteroatoms. The van der Waals surface area contributed by atoms with Crippen LogP contribution >= 0.6 is 0 Å². The van der Waals surface area contributed by atoms with Crippen molar-refractivity contribution in [1.29, 1.82) is 0 Å². The quantitative estimate of drug-likeness (QED) is 0.659. The fourth-order valence-corrected chi connectivity index (χ4v) is 4.13. The standard InChI is InChI=1S/C23H28N6O3/c1-14-11-16(3)25-21-20(14)23(27-28(21)4)32-13-19(30)29-10-6-8-17(12-29)22(31)26-18-9-5-7-15(2)24-18/h5,7,9,11,17H,6,8,10,12-13H2,1-4H3,(H,24,26,31). The molecular formula is C23H28N6O3. The average molecular weight is 437 g/mol. The van der Waals surface area contributed by atoms with Gasteiger partial charge in [0, 0.05) is 31.5 Å². The first-order valence-corrected chi connectivity index (χ1v) is 10.8. The molecule has 1 fully saturated rings. The summed E-state index contributed by atoms with van der Waals surface area (Å²) < 4.78 is 7.47. The number of nitrogens with zero attached hydrogens (tertiary/aromatic N) is 5. The van der Waals surface area contributed by atoms with Crippen LogP contribution in [0, 0.1) is 26.7 Å². The van der Waals surface area contributed by atoms with Crippen molar-refractivity contribution in [1.82, 2.24) is 24.6 Å². The van der Waals surface area contributed by atoms with Crippen LogP contribution in [-0.4, -0.2) is 56.2 Å². The first kappa shape index (κ1) is 21.7. The summed E-state index contributed by atoms with van der Waals surface area (Å²) in [4.78, 5) is 36.1. The normalized spacial score (nSPS) is 16.2. The van der Waals surface area contributed by atoms with E-state index in [0.717, 1.165) is 40.8 Å². The fraction of sp³-hybridized carbons (Fsp3) is 0.435. The molecule has 1 aliphatic rings. The molecule has 1 aliphatic heterocycles. The van der Waals surface area contributed by atoms with Gasteiger partial charge in [0.05, 0.1) is 11.3 Å². The van der Waals surface area contributed by atoms with Gasteiger partial charge in [-0.3, -0.25) is 9.59 Å². The number of amides is 2. The second-order valence-corrected chi connectivity index (χ2v) is 8.33. The lowest BCUT2D eigenvalue weighted by Gasteiger charge is -2.31. The number of fused-ring (bicyclic) bond motifs is 1. The highest BCUT2D eigenvalue weighted by atomic mass is 16.5. The maximum atomic E-state index is 12.8. The predicted molar refractivity (Wildman–Crippen MR) is 120 cm³/mol. The van der Waals surface area contributed by atoms with Gasteiger partial charge >= 0.3 is 0 Å². The molecule has 9 nitrogen and oxygen atoms in total. The van der Waals surface area contributed by atoms with E-state index < -0.39 is 0 Å². The third-order valence-corrected chi connectivity index (χ3v) is 5.70. The van der Waals surface area contributed by atoms with Crippen molar-refractivity contribution in [2.24, 2.45) is 13.0 Å². The van der Waals surface area contributed by atoms with Crippen LogP contribution in [-0.2, 0) is 16.6 Å². The minimum absolute atomic E-state index is 0.116. The SMILES string of the molecule is Cc1cccc(NC(=O)C2CCCN(C(=O)COc3nn(C)c4nc(C)cc(C)c34)C2)n1. The molecule has 1 N–H and O–H groups in total. The Morgan fingerprint density at radius 2 is 2.00 bits per heavy atom. The monoisotopic (exact) mass is 436 g/mol. The fourth-order valence-electron chi connectivity index (χ4n) is 4.13. The Morgan fingerprint density at radius 1 is 1.19 bits per heavy atom. The Balaban J connectivity index is 1.39. The van der Waals surface area contributed by atoms with Crippen molar-refractivity contribution in [2.45, 2.75) is 33.6 Å². The van der Waals surface area contributed by atoms with E-state index in [1.165, 1.54) is 0 Å². The molecule has 3 aromatic rings. The Hall–Kier alpha value is -3.49. The van der Waals surface area contributed by atoms with Gasteiger partial charge in [0.2, 0.25) is 11.8 Å². The van der Waals surface area contributed by atoms with E-state index in [-0.39, 0.29) is 24.3 Å². The third-order valence-electron chi connectivity index (χ3n) is 5.70. The number of carbonyl (C=O) groups is 2. The van der Waals surface area contributed by atoms with Crippen LogP contribution in [0.2, 0.25) is 0 Å². The van der Waals surface area contributed by atoms with Crippen molar-refractivity contribution in [3.63, 3.8) is 0 Å². The molecule has 0 spiro atoms. The van der Waals surface area contributed by atoms with Crippen molar-refractivity contribution in [3.8, 4) is 5.88 Å². The molecule has 1 atom stereocenters. The predicted octanol–water partition coefficient (Wildman–Crippen LogP) is 2.54. The van der Waals surface area contributed by atoms with Crippen LogP contribution in [0.5, 0.6) is 5.88 Å². The summed E-state index contributed by atoms with van der Waals surface area (Å²) in [5.74, 6) is 0.378. The summed E-state index contributed by atoms with van der Waals surface area (Å²) in [6.45, 7) is 6.62. The molecule has 1 saturated heterocycles. The lowest BCUT2D eigenvalue weighted by Crippen LogP contribution is -2.45. The first-order chi connectivity index (χ1) is 15.3. The molecule has 1 unspecified atom stereocenters. The minimum atomic E-state index is -0.278. The number of aryl methyl sites for hydroxylation is 4.